The summed E-state index contributed by atoms with van der Waals surface area (Å²) in [6.45, 7) is 3.73. The van der Waals surface area contributed by atoms with Crippen molar-refractivity contribution in [2.45, 2.75) is 38.3 Å². The van der Waals surface area contributed by atoms with Gasteiger partial charge in [0.15, 0.2) is 5.82 Å². The Hall–Kier alpha value is -2.95. The van der Waals surface area contributed by atoms with E-state index in [1.54, 1.807) is 25.1 Å². The highest BCUT2D eigenvalue weighted by molar-refractivity contribution is 7.86. The molecule has 1 saturated heterocycles. The van der Waals surface area contributed by atoms with E-state index in [4.69, 9.17) is 27.9 Å². The third-order valence-corrected chi connectivity index (χ3v) is 8.09. The SMILES string of the molecule is Cc1cc(Cl)cc(C(=O)NC2(C)CC2)c1NC(=O)c1cc(OC2CS(=O)C2)nn1-c1ncccc1Cl. The number of aryl methyl sites for hydroxylation is 1. The maximum atomic E-state index is 13.6. The van der Waals surface area contributed by atoms with Crippen LogP contribution < -0.4 is 15.4 Å². The number of ether oxygens (including phenoxy) is 1. The lowest BCUT2D eigenvalue weighted by Crippen LogP contribution is -2.41. The van der Waals surface area contributed by atoms with Crippen LogP contribution >= 0.6 is 23.2 Å². The van der Waals surface area contributed by atoms with E-state index in [0.29, 0.717) is 27.8 Å². The van der Waals surface area contributed by atoms with E-state index in [0.717, 1.165) is 12.8 Å². The first-order valence-corrected chi connectivity index (χ1v) is 13.5. The zero-order valence-corrected chi connectivity index (χ0v) is 21.8. The summed E-state index contributed by atoms with van der Waals surface area (Å²) >= 11 is 12.6. The van der Waals surface area contributed by atoms with Crippen molar-refractivity contribution in [1.29, 1.82) is 0 Å². The van der Waals surface area contributed by atoms with Gasteiger partial charge in [-0.05, 0) is 56.5 Å². The van der Waals surface area contributed by atoms with Crippen LogP contribution in [-0.4, -0.2) is 53.9 Å². The number of hydrogen-bond donors (Lipinski definition) is 2. The van der Waals surface area contributed by atoms with Crippen molar-refractivity contribution < 1.29 is 18.5 Å². The van der Waals surface area contributed by atoms with Crippen molar-refractivity contribution in [3.8, 4) is 11.7 Å². The highest BCUT2D eigenvalue weighted by atomic mass is 35.5. The normalized spacial score (nSPS) is 19.8. The molecule has 36 heavy (non-hydrogen) atoms. The van der Waals surface area contributed by atoms with E-state index >= 15 is 0 Å². The molecule has 1 aliphatic carbocycles. The van der Waals surface area contributed by atoms with Crippen molar-refractivity contribution >= 4 is 51.5 Å². The van der Waals surface area contributed by atoms with E-state index < -0.39 is 16.7 Å². The summed E-state index contributed by atoms with van der Waals surface area (Å²) in [7, 11) is -0.905. The third-order valence-electron chi connectivity index (χ3n) is 6.09. The minimum absolute atomic E-state index is 0.0981. The summed E-state index contributed by atoms with van der Waals surface area (Å²) in [6, 6.07) is 7.97. The maximum Gasteiger partial charge on any atom is 0.274 e. The van der Waals surface area contributed by atoms with Gasteiger partial charge in [0.25, 0.3) is 11.8 Å². The maximum absolute atomic E-state index is 13.6. The Balaban J connectivity index is 1.49. The fourth-order valence-electron chi connectivity index (χ4n) is 3.80. The molecule has 2 amide bonds. The van der Waals surface area contributed by atoms with Crippen molar-refractivity contribution in [1.82, 2.24) is 20.1 Å². The van der Waals surface area contributed by atoms with Gasteiger partial charge in [-0.25, -0.2) is 9.67 Å². The van der Waals surface area contributed by atoms with Crippen LogP contribution in [0.15, 0.2) is 36.5 Å². The lowest BCUT2D eigenvalue weighted by atomic mass is 10.1. The largest absolute Gasteiger partial charge is 0.471 e. The average molecular weight is 548 g/mol. The monoisotopic (exact) mass is 547 g/mol. The molecule has 3 heterocycles. The molecule has 1 aliphatic heterocycles. The van der Waals surface area contributed by atoms with Crippen LogP contribution in [0.5, 0.6) is 5.88 Å². The first-order chi connectivity index (χ1) is 17.1. The Morgan fingerprint density at radius 2 is 1.94 bits per heavy atom. The molecular weight excluding hydrogens is 525 g/mol. The quantitative estimate of drug-likeness (QED) is 0.463. The zero-order valence-electron chi connectivity index (χ0n) is 19.5. The van der Waals surface area contributed by atoms with Crippen LogP contribution in [0.3, 0.4) is 0 Å². The zero-order chi connectivity index (χ0) is 25.6. The number of carbonyl (C=O) groups excluding carboxylic acids is 2. The Morgan fingerprint density at radius 1 is 1.19 bits per heavy atom. The molecule has 12 heteroatoms. The molecule has 0 atom stereocenters. The van der Waals surface area contributed by atoms with Crippen LogP contribution in [0.2, 0.25) is 10.0 Å². The van der Waals surface area contributed by atoms with Crippen molar-refractivity contribution in [2.24, 2.45) is 0 Å². The van der Waals surface area contributed by atoms with Gasteiger partial charge in [-0.3, -0.25) is 13.8 Å². The molecule has 2 aliphatic rings. The third kappa shape index (κ3) is 5.11. The molecule has 9 nitrogen and oxygen atoms in total. The number of aromatic nitrogens is 3. The minimum atomic E-state index is -0.905. The topological polar surface area (TPSA) is 115 Å². The van der Waals surface area contributed by atoms with E-state index in [1.165, 1.54) is 23.0 Å². The number of anilines is 1. The second-order valence-corrected chi connectivity index (χ2v) is 11.6. The molecule has 2 aromatic heterocycles. The second kappa shape index (κ2) is 9.49. The Labute approximate surface area is 220 Å². The number of benzene rings is 1. The molecule has 0 unspecified atom stereocenters. The molecule has 1 aromatic carbocycles. The molecule has 3 aromatic rings. The average Bonchev–Trinajstić information content (AvgIpc) is 3.37. The first-order valence-electron chi connectivity index (χ1n) is 11.3. The van der Waals surface area contributed by atoms with Gasteiger partial charge in [0, 0.05) is 33.6 Å². The summed E-state index contributed by atoms with van der Waals surface area (Å²) in [5.41, 5.74) is 1.07. The van der Waals surface area contributed by atoms with Crippen LogP contribution in [0.1, 0.15) is 46.2 Å². The minimum Gasteiger partial charge on any atom is -0.471 e. The number of nitrogens with one attached hydrogen (secondary N) is 2. The summed E-state index contributed by atoms with van der Waals surface area (Å²) in [6.07, 6.45) is 3.06. The van der Waals surface area contributed by atoms with Gasteiger partial charge in [0.2, 0.25) is 5.88 Å². The van der Waals surface area contributed by atoms with E-state index in [9.17, 15) is 13.8 Å². The molecule has 0 bridgehead atoms. The van der Waals surface area contributed by atoms with Crippen LogP contribution in [0.4, 0.5) is 5.69 Å². The number of pyridine rings is 1. The van der Waals surface area contributed by atoms with Crippen LogP contribution in [-0.2, 0) is 10.8 Å². The van der Waals surface area contributed by atoms with Crippen molar-refractivity contribution in [3.05, 3.63) is 63.4 Å². The predicted octanol–water partition coefficient (Wildman–Crippen LogP) is 3.93. The highest BCUT2D eigenvalue weighted by Crippen LogP contribution is 2.36. The van der Waals surface area contributed by atoms with Gasteiger partial charge in [-0.2, -0.15) is 0 Å². The van der Waals surface area contributed by atoms with Gasteiger partial charge in [-0.1, -0.05) is 23.2 Å². The number of nitrogens with zero attached hydrogens (tertiary/aromatic N) is 3. The molecule has 188 valence electrons. The Morgan fingerprint density at radius 3 is 2.61 bits per heavy atom. The van der Waals surface area contributed by atoms with Gasteiger partial charge in [-0.15, -0.1) is 5.10 Å². The van der Waals surface area contributed by atoms with Gasteiger partial charge < -0.3 is 15.4 Å². The summed E-state index contributed by atoms with van der Waals surface area (Å²) in [5.74, 6) is 0.354. The standard InChI is InChI=1S/C24H23Cl2N5O4S/c1-13-8-14(25)9-16(22(32)29-24(2)5-6-24)20(13)28-23(33)18-10-19(35-15-11-36(34)12-15)30-31(18)21-17(26)4-3-7-27-21/h3-4,7-10,15H,5-6,11-12H2,1-2H3,(H,28,33)(H,29,32). The predicted molar refractivity (Wildman–Crippen MR) is 138 cm³/mol. The molecular formula is C24H23Cl2N5O4S. The molecule has 2 fully saturated rings. The molecule has 2 N–H and O–H groups in total. The van der Waals surface area contributed by atoms with Gasteiger partial charge in [0.05, 0.1) is 27.8 Å². The highest BCUT2D eigenvalue weighted by Gasteiger charge is 2.39. The molecule has 1 saturated carbocycles. The summed E-state index contributed by atoms with van der Waals surface area (Å²) in [4.78, 5) is 30.9. The smallest absolute Gasteiger partial charge is 0.274 e. The fraction of sp³-hybridized carbons (Fsp3) is 0.333. The van der Waals surface area contributed by atoms with Gasteiger partial charge >= 0.3 is 0 Å². The van der Waals surface area contributed by atoms with Crippen LogP contribution in [0.25, 0.3) is 5.82 Å². The summed E-state index contributed by atoms with van der Waals surface area (Å²) < 4.78 is 18.6. The van der Waals surface area contributed by atoms with E-state index in [1.807, 2.05) is 6.92 Å². The first kappa shape index (κ1) is 24.7. The lowest BCUT2D eigenvalue weighted by Gasteiger charge is -2.24. The Bertz CT molecular complexity index is 1400. The van der Waals surface area contributed by atoms with Gasteiger partial charge in [0.1, 0.15) is 11.8 Å². The lowest BCUT2D eigenvalue weighted by molar-refractivity contribution is 0.0936. The number of amides is 2. The second-order valence-electron chi connectivity index (χ2n) is 9.22. The number of halogens is 2. The number of rotatable bonds is 7. The Kier molecular flexibility index (Phi) is 6.52. The number of hydrogen-bond acceptors (Lipinski definition) is 6. The van der Waals surface area contributed by atoms with E-state index in [-0.39, 0.29) is 45.5 Å². The summed E-state index contributed by atoms with van der Waals surface area (Å²) in [5, 5.41) is 10.9. The van der Waals surface area contributed by atoms with E-state index in [2.05, 4.69) is 20.7 Å². The molecule has 0 radical (unpaired) electrons. The van der Waals surface area contributed by atoms with Crippen molar-refractivity contribution in [2.75, 3.05) is 16.8 Å². The van der Waals surface area contributed by atoms with Crippen LogP contribution in [0, 0.1) is 6.92 Å². The fourth-order valence-corrected chi connectivity index (χ4v) is 5.14. The number of carbonyl (C=O) groups is 2. The molecule has 0 spiro atoms. The van der Waals surface area contributed by atoms with Crippen molar-refractivity contribution in [3.63, 3.8) is 0 Å². The molecule has 5 rings (SSSR count).